The van der Waals surface area contributed by atoms with Crippen LogP contribution in [0.1, 0.15) is 19.4 Å². The van der Waals surface area contributed by atoms with Crippen molar-refractivity contribution in [3.05, 3.63) is 29.3 Å². The van der Waals surface area contributed by atoms with Gasteiger partial charge in [-0.15, -0.1) is 12.4 Å². The Hall–Kier alpha value is -0.870. The molecular formula is C12H17ClF2N2. The van der Waals surface area contributed by atoms with Crippen molar-refractivity contribution in [2.24, 2.45) is 5.73 Å². The fourth-order valence-electron chi connectivity index (χ4n) is 2.14. The van der Waals surface area contributed by atoms with Crippen LogP contribution in [0.4, 0.5) is 14.5 Å². The van der Waals surface area contributed by atoms with Crippen LogP contribution in [0.25, 0.3) is 0 Å². The second-order valence-electron chi connectivity index (χ2n) is 5.05. The van der Waals surface area contributed by atoms with Crippen molar-refractivity contribution in [1.82, 2.24) is 0 Å². The van der Waals surface area contributed by atoms with Crippen LogP contribution >= 0.6 is 12.4 Å². The van der Waals surface area contributed by atoms with E-state index in [0.29, 0.717) is 30.8 Å². The molecule has 5 heteroatoms. The molecule has 1 aromatic carbocycles. The van der Waals surface area contributed by atoms with Gasteiger partial charge in [0.25, 0.3) is 0 Å². The molecule has 0 aromatic heterocycles. The molecule has 1 aromatic rings. The molecule has 0 saturated carbocycles. The van der Waals surface area contributed by atoms with Crippen molar-refractivity contribution in [2.45, 2.75) is 25.8 Å². The minimum Gasteiger partial charge on any atom is -0.369 e. The number of anilines is 1. The molecule has 2 N–H and O–H groups in total. The Morgan fingerprint density at radius 1 is 1.35 bits per heavy atom. The molecule has 2 rings (SSSR count). The van der Waals surface area contributed by atoms with E-state index in [1.165, 1.54) is 6.07 Å². The van der Waals surface area contributed by atoms with Gasteiger partial charge in [0.15, 0.2) is 0 Å². The molecular weight excluding hydrogens is 246 g/mol. The molecule has 0 atom stereocenters. The number of fused-ring (bicyclic) bond motifs is 1. The lowest BCUT2D eigenvalue weighted by Gasteiger charge is -2.28. The molecule has 1 heterocycles. The van der Waals surface area contributed by atoms with Gasteiger partial charge in [-0.1, -0.05) is 0 Å². The molecule has 0 aliphatic carbocycles. The van der Waals surface area contributed by atoms with E-state index in [4.69, 9.17) is 5.73 Å². The zero-order chi connectivity index (χ0) is 11.9. The van der Waals surface area contributed by atoms with Crippen molar-refractivity contribution < 1.29 is 8.78 Å². The summed E-state index contributed by atoms with van der Waals surface area (Å²) in [4.78, 5) is 1.95. The maximum Gasteiger partial charge on any atom is 0.131 e. The first-order chi connectivity index (χ1) is 7.37. The molecule has 0 amide bonds. The molecule has 0 unspecified atom stereocenters. The predicted octanol–water partition coefficient (Wildman–Crippen LogP) is 2.49. The van der Waals surface area contributed by atoms with Gasteiger partial charge in [-0.05, 0) is 26.3 Å². The van der Waals surface area contributed by atoms with E-state index in [1.54, 1.807) is 0 Å². The second kappa shape index (κ2) is 4.78. The van der Waals surface area contributed by atoms with E-state index < -0.39 is 11.6 Å². The second-order valence-corrected chi connectivity index (χ2v) is 5.05. The van der Waals surface area contributed by atoms with Crippen molar-refractivity contribution in [2.75, 3.05) is 18.0 Å². The summed E-state index contributed by atoms with van der Waals surface area (Å²) in [5.74, 6) is -0.981. The third kappa shape index (κ3) is 3.07. The SMILES string of the molecule is CC(C)(N)CN1CCc2c(F)cc(F)cc21.Cl. The van der Waals surface area contributed by atoms with Gasteiger partial charge in [-0.25, -0.2) is 8.78 Å². The van der Waals surface area contributed by atoms with Crippen LogP contribution < -0.4 is 10.6 Å². The topological polar surface area (TPSA) is 29.3 Å². The van der Waals surface area contributed by atoms with Crippen molar-refractivity contribution in [3.63, 3.8) is 0 Å². The smallest absolute Gasteiger partial charge is 0.131 e. The van der Waals surface area contributed by atoms with Gasteiger partial charge in [0.1, 0.15) is 11.6 Å². The Morgan fingerprint density at radius 3 is 2.59 bits per heavy atom. The maximum absolute atomic E-state index is 13.5. The van der Waals surface area contributed by atoms with Crippen molar-refractivity contribution in [3.8, 4) is 0 Å². The Kier molecular flexibility index (Phi) is 3.99. The summed E-state index contributed by atoms with van der Waals surface area (Å²) in [6.07, 6.45) is 0.623. The van der Waals surface area contributed by atoms with E-state index in [-0.39, 0.29) is 17.9 Å². The summed E-state index contributed by atoms with van der Waals surface area (Å²) >= 11 is 0. The molecule has 1 aliphatic rings. The van der Waals surface area contributed by atoms with Crippen LogP contribution in [0.15, 0.2) is 12.1 Å². The molecule has 0 radical (unpaired) electrons. The Bertz CT molecular complexity index is 416. The number of nitrogens with zero attached hydrogens (tertiary/aromatic N) is 1. The largest absolute Gasteiger partial charge is 0.369 e. The molecule has 2 nitrogen and oxygen atoms in total. The lowest BCUT2D eigenvalue weighted by molar-refractivity contribution is 0.510. The Balaban J connectivity index is 0.00000144. The molecule has 0 spiro atoms. The maximum atomic E-state index is 13.5. The summed E-state index contributed by atoms with van der Waals surface area (Å²) in [7, 11) is 0. The summed E-state index contributed by atoms with van der Waals surface area (Å²) in [5.41, 5.74) is 6.80. The summed E-state index contributed by atoms with van der Waals surface area (Å²) in [5, 5.41) is 0. The first-order valence-electron chi connectivity index (χ1n) is 5.38. The fourth-order valence-corrected chi connectivity index (χ4v) is 2.14. The standard InChI is InChI=1S/C12H16F2N2.ClH/c1-12(2,15)7-16-4-3-9-10(14)5-8(13)6-11(9)16;/h5-6H,3-4,7,15H2,1-2H3;1H. The van der Waals surface area contributed by atoms with Crippen LogP contribution in [-0.4, -0.2) is 18.6 Å². The van der Waals surface area contributed by atoms with Gasteiger partial charge in [-0.3, -0.25) is 0 Å². The summed E-state index contributed by atoms with van der Waals surface area (Å²) < 4.78 is 26.6. The normalized spacial score (nSPS) is 14.5. The lowest BCUT2D eigenvalue weighted by Crippen LogP contribution is -2.44. The molecule has 96 valence electrons. The monoisotopic (exact) mass is 262 g/mol. The number of nitrogens with two attached hydrogens (primary N) is 1. The number of hydrogen-bond donors (Lipinski definition) is 1. The van der Waals surface area contributed by atoms with Crippen LogP contribution in [0, 0.1) is 11.6 Å². The average molecular weight is 263 g/mol. The van der Waals surface area contributed by atoms with Gasteiger partial charge >= 0.3 is 0 Å². The first kappa shape index (κ1) is 14.2. The third-order valence-corrected chi connectivity index (χ3v) is 2.71. The minimum atomic E-state index is -0.530. The summed E-state index contributed by atoms with van der Waals surface area (Å²) in [6.45, 7) is 5.11. The van der Waals surface area contributed by atoms with Crippen LogP contribution in [0.2, 0.25) is 0 Å². The van der Waals surface area contributed by atoms with Crippen LogP contribution in [0.3, 0.4) is 0 Å². The first-order valence-corrected chi connectivity index (χ1v) is 5.38. The number of hydrogen-bond acceptors (Lipinski definition) is 2. The van der Waals surface area contributed by atoms with E-state index >= 15 is 0 Å². The van der Waals surface area contributed by atoms with Gasteiger partial charge in [0.2, 0.25) is 0 Å². The predicted molar refractivity (Wildman–Crippen MR) is 67.8 cm³/mol. The zero-order valence-corrected chi connectivity index (χ0v) is 10.8. The van der Waals surface area contributed by atoms with Crippen LogP contribution in [0.5, 0.6) is 0 Å². The van der Waals surface area contributed by atoms with Crippen molar-refractivity contribution in [1.29, 1.82) is 0 Å². The average Bonchev–Trinajstić information content (AvgIpc) is 2.46. The Morgan fingerprint density at radius 2 is 2.00 bits per heavy atom. The highest BCUT2D eigenvalue weighted by atomic mass is 35.5. The van der Waals surface area contributed by atoms with E-state index in [2.05, 4.69) is 0 Å². The Labute approximate surface area is 106 Å². The van der Waals surface area contributed by atoms with Gasteiger partial charge in [0.05, 0.1) is 0 Å². The van der Waals surface area contributed by atoms with E-state index in [1.807, 2.05) is 18.7 Å². The van der Waals surface area contributed by atoms with Gasteiger partial charge < -0.3 is 10.6 Å². The molecule has 0 saturated heterocycles. The molecule has 0 bridgehead atoms. The third-order valence-electron chi connectivity index (χ3n) is 2.71. The highest BCUT2D eigenvalue weighted by Gasteiger charge is 2.26. The number of rotatable bonds is 2. The highest BCUT2D eigenvalue weighted by Crippen LogP contribution is 2.31. The fraction of sp³-hybridized carbons (Fsp3) is 0.500. The molecule has 17 heavy (non-hydrogen) atoms. The lowest BCUT2D eigenvalue weighted by atomic mass is 10.1. The van der Waals surface area contributed by atoms with E-state index in [0.717, 1.165) is 6.07 Å². The summed E-state index contributed by atoms with van der Waals surface area (Å²) in [6, 6.07) is 2.33. The zero-order valence-electron chi connectivity index (χ0n) is 9.96. The number of halogens is 3. The van der Waals surface area contributed by atoms with Gasteiger partial charge in [-0.2, -0.15) is 0 Å². The number of benzene rings is 1. The minimum absolute atomic E-state index is 0. The van der Waals surface area contributed by atoms with Crippen molar-refractivity contribution >= 4 is 18.1 Å². The molecule has 1 aliphatic heterocycles. The van der Waals surface area contributed by atoms with E-state index in [9.17, 15) is 8.78 Å². The highest BCUT2D eigenvalue weighted by molar-refractivity contribution is 5.85. The molecule has 0 fully saturated rings. The van der Waals surface area contributed by atoms with Crippen LogP contribution in [-0.2, 0) is 6.42 Å². The quantitative estimate of drug-likeness (QED) is 0.887. The van der Waals surface area contributed by atoms with Gasteiger partial charge in [0, 0.05) is 35.9 Å².